The quantitative estimate of drug-likeness (QED) is 0.721. The standard InChI is InChI=1S/C16H21N3O2/c1-4-9-19(10-5-2)12-16(21)18-15-8-6-7-14(11-15)17-13(3)20/h4-8,11H,1-2,9-10,12H2,3H3,(H,17,20)(H,18,21). The lowest BCUT2D eigenvalue weighted by atomic mass is 10.2. The highest BCUT2D eigenvalue weighted by molar-refractivity contribution is 5.94. The Labute approximate surface area is 125 Å². The van der Waals surface area contributed by atoms with Gasteiger partial charge in [-0.05, 0) is 18.2 Å². The lowest BCUT2D eigenvalue weighted by molar-refractivity contribution is -0.117. The molecular formula is C16H21N3O2. The lowest BCUT2D eigenvalue weighted by Crippen LogP contribution is -2.33. The predicted molar refractivity (Wildman–Crippen MR) is 86.2 cm³/mol. The van der Waals surface area contributed by atoms with Crippen molar-refractivity contribution in [1.82, 2.24) is 4.90 Å². The Bertz CT molecular complexity index is 516. The first kappa shape index (κ1) is 16.7. The SMILES string of the molecule is C=CCN(CC=C)CC(=O)Nc1cccc(NC(C)=O)c1. The fourth-order valence-electron chi connectivity index (χ4n) is 1.85. The zero-order valence-electron chi connectivity index (χ0n) is 12.3. The Morgan fingerprint density at radius 1 is 1.14 bits per heavy atom. The largest absolute Gasteiger partial charge is 0.326 e. The molecule has 0 aromatic heterocycles. The van der Waals surface area contributed by atoms with E-state index in [0.717, 1.165) is 0 Å². The van der Waals surface area contributed by atoms with Crippen molar-refractivity contribution in [1.29, 1.82) is 0 Å². The van der Waals surface area contributed by atoms with E-state index in [-0.39, 0.29) is 18.4 Å². The van der Waals surface area contributed by atoms with Gasteiger partial charge < -0.3 is 10.6 Å². The van der Waals surface area contributed by atoms with Gasteiger partial charge in [0.1, 0.15) is 0 Å². The molecule has 0 spiro atoms. The van der Waals surface area contributed by atoms with Crippen molar-refractivity contribution in [2.45, 2.75) is 6.92 Å². The van der Waals surface area contributed by atoms with Crippen molar-refractivity contribution >= 4 is 23.2 Å². The number of carbonyl (C=O) groups excluding carboxylic acids is 2. The van der Waals surface area contributed by atoms with Gasteiger partial charge in [0.15, 0.2) is 0 Å². The average Bonchev–Trinajstić information content (AvgIpc) is 2.38. The van der Waals surface area contributed by atoms with Crippen LogP contribution in [0.2, 0.25) is 0 Å². The molecule has 0 heterocycles. The maximum Gasteiger partial charge on any atom is 0.238 e. The van der Waals surface area contributed by atoms with Crippen LogP contribution in [0.25, 0.3) is 0 Å². The first-order valence-corrected chi connectivity index (χ1v) is 6.66. The minimum atomic E-state index is -0.151. The van der Waals surface area contributed by atoms with E-state index in [2.05, 4.69) is 23.8 Å². The van der Waals surface area contributed by atoms with Gasteiger partial charge in [0.2, 0.25) is 11.8 Å². The van der Waals surface area contributed by atoms with Crippen molar-refractivity contribution in [3.8, 4) is 0 Å². The third-order valence-electron chi connectivity index (χ3n) is 2.61. The number of hydrogen-bond donors (Lipinski definition) is 2. The highest BCUT2D eigenvalue weighted by atomic mass is 16.2. The van der Waals surface area contributed by atoms with Crippen LogP contribution >= 0.6 is 0 Å². The molecule has 2 amide bonds. The molecule has 0 aliphatic rings. The Balaban J connectivity index is 2.62. The first-order chi connectivity index (χ1) is 10.0. The fraction of sp³-hybridized carbons (Fsp3) is 0.250. The Morgan fingerprint density at radius 2 is 1.71 bits per heavy atom. The van der Waals surface area contributed by atoms with E-state index in [4.69, 9.17) is 0 Å². The molecule has 0 bridgehead atoms. The predicted octanol–water partition coefficient (Wildman–Crippen LogP) is 2.26. The maximum absolute atomic E-state index is 12.0. The molecule has 1 aromatic rings. The molecule has 5 heteroatoms. The van der Waals surface area contributed by atoms with Crippen LogP contribution in [0.5, 0.6) is 0 Å². The van der Waals surface area contributed by atoms with Crippen LogP contribution in [0, 0.1) is 0 Å². The third kappa shape index (κ3) is 6.54. The number of hydrogen-bond acceptors (Lipinski definition) is 3. The molecule has 0 unspecified atom stereocenters. The topological polar surface area (TPSA) is 61.4 Å². The van der Waals surface area contributed by atoms with Crippen LogP contribution in [0.15, 0.2) is 49.6 Å². The summed E-state index contributed by atoms with van der Waals surface area (Å²) < 4.78 is 0. The van der Waals surface area contributed by atoms with Crippen molar-refractivity contribution in [3.05, 3.63) is 49.6 Å². The molecule has 0 fully saturated rings. The third-order valence-corrected chi connectivity index (χ3v) is 2.61. The number of anilines is 2. The van der Waals surface area contributed by atoms with Crippen molar-refractivity contribution in [2.24, 2.45) is 0 Å². The second kappa shape index (κ2) is 8.71. The molecule has 1 aromatic carbocycles. The van der Waals surface area contributed by atoms with Gasteiger partial charge in [-0.1, -0.05) is 18.2 Å². The summed E-state index contributed by atoms with van der Waals surface area (Å²) in [5.41, 5.74) is 1.29. The van der Waals surface area contributed by atoms with Crippen LogP contribution < -0.4 is 10.6 Å². The molecule has 0 saturated heterocycles. The second-order valence-electron chi connectivity index (χ2n) is 4.58. The van der Waals surface area contributed by atoms with Gasteiger partial charge in [0, 0.05) is 31.4 Å². The number of carbonyl (C=O) groups is 2. The zero-order chi connectivity index (χ0) is 15.7. The average molecular weight is 287 g/mol. The number of benzene rings is 1. The Kier molecular flexibility index (Phi) is 6.91. The van der Waals surface area contributed by atoms with Gasteiger partial charge in [0.25, 0.3) is 0 Å². The molecule has 0 saturated carbocycles. The molecule has 0 aliphatic carbocycles. The minimum absolute atomic E-state index is 0.126. The molecular weight excluding hydrogens is 266 g/mol. The number of nitrogens with one attached hydrogen (secondary N) is 2. The number of nitrogens with zero attached hydrogens (tertiary/aromatic N) is 1. The molecule has 112 valence electrons. The van der Waals surface area contributed by atoms with Gasteiger partial charge in [-0.25, -0.2) is 0 Å². The van der Waals surface area contributed by atoms with Crippen molar-refractivity contribution in [2.75, 3.05) is 30.3 Å². The lowest BCUT2D eigenvalue weighted by Gasteiger charge is -2.18. The van der Waals surface area contributed by atoms with E-state index < -0.39 is 0 Å². The van der Waals surface area contributed by atoms with Crippen LogP contribution in [0.1, 0.15) is 6.92 Å². The van der Waals surface area contributed by atoms with Crippen LogP contribution in [-0.2, 0) is 9.59 Å². The summed E-state index contributed by atoms with van der Waals surface area (Å²) in [6.45, 7) is 10.3. The van der Waals surface area contributed by atoms with Crippen LogP contribution in [0.4, 0.5) is 11.4 Å². The monoisotopic (exact) mass is 287 g/mol. The van der Waals surface area contributed by atoms with Gasteiger partial charge in [0.05, 0.1) is 6.54 Å². The first-order valence-electron chi connectivity index (χ1n) is 6.66. The number of rotatable bonds is 8. The smallest absolute Gasteiger partial charge is 0.238 e. The van der Waals surface area contributed by atoms with Gasteiger partial charge in [-0.3, -0.25) is 14.5 Å². The van der Waals surface area contributed by atoms with Crippen LogP contribution in [-0.4, -0.2) is 36.3 Å². The summed E-state index contributed by atoms with van der Waals surface area (Å²) in [6.07, 6.45) is 3.49. The Hall–Kier alpha value is -2.40. The maximum atomic E-state index is 12.0. The normalized spacial score (nSPS) is 10.0. The van der Waals surface area contributed by atoms with E-state index in [9.17, 15) is 9.59 Å². The van der Waals surface area contributed by atoms with Crippen LogP contribution in [0.3, 0.4) is 0 Å². The fourth-order valence-corrected chi connectivity index (χ4v) is 1.85. The zero-order valence-corrected chi connectivity index (χ0v) is 12.3. The van der Waals surface area contributed by atoms with E-state index in [1.165, 1.54) is 6.92 Å². The summed E-state index contributed by atoms with van der Waals surface area (Å²) >= 11 is 0. The molecule has 2 N–H and O–H groups in total. The number of amides is 2. The summed E-state index contributed by atoms with van der Waals surface area (Å²) in [4.78, 5) is 24.9. The van der Waals surface area contributed by atoms with Crippen molar-refractivity contribution < 1.29 is 9.59 Å². The highest BCUT2D eigenvalue weighted by Gasteiger charge is 2.08. The molecule has 1 rings (SSSR count). The van der Waals surface area contributed by atoms with Crippen molar-refractivity contribution in [3.63, 3.8) is 0 Å². The molecule has 21 heavy (non-hydrogen) atoms. The highest BCUT2D eigenvalue weighted by Crippen LogP contribution is 2.15. The molecule has 0 atom stereocenters. The van der Waals surface area contributed by atoms with E-state index >= 15 is 0 Å². The molecule has 5 nitrogen and oxygen atoms in total. The molecule has 0 aliphatic heterocycles. The summed E-state index contributed by atoms with van der Waals surface area (Å²) in [5, 5.41) is 5.47. The summed E-state index contributed by atoms with van der Waals surface area (Å²) in [6, 6.07) is 7.02. The van der Waals surface area contributed by atoms with Gasteiger partial charge >= 0.3 is 0 Å². The van der Waals surface area contributed by atoms with Gasteiger partial charge in [-0.15, -0.1) is 13.2 Å². The molecule has 0 radical (unpaired) electrons. The summed E-state index contributed by atoms with van der Waals surface area (Å²) in [7, 11) is 0. The summed E-state index contributed by atoms with van der Waals surface area (Å²) in [5.74, 6) is -0.278. The van der Waals surface area contributed by atoms with Gasteiger partial charge in [-0.2, -0.15) is 0 Å². The Morgan fingerprint density at radius 3 is 2.24 bits per heavy atom. The van der Waals surface area contributed by atoms with E-state index in [1.54, 1.807) is 36.4 Å². The van der Waals surface area contributed by atoms with E-state index in [0.29, 0.717) is 24.5 Å². The minimum Gasteiger partial charge on any atom is -0.326 e. The van der Waals surface area contributed by atoms with E-state index in [1.807, 2.05) is 4.90 Å². The second-order valence-corrected chi connectivity index (χ2v) is 4.58.